The Morgan fingerprint density at radius 3 is 2.55 bits per heavy atom. The van der Waals surface area contributed by atoms with Crippen molar-refractivity contribution in [3.63, 3.8) is 0 Å². The van der Waals surface area contributed by atoms with Crippen LogP contribution in [0.15, 0.2) is 24.3 Å². The molecule has 0 aliphatic carbocycles. The van der Waals surface area contributed by atoms with E-state index in [1.807, 2.05) is 31.2 Å². The molecular weight excluding hydrogens is 274 g/mol. The van der Waals surface area contributed by atoms with Gasteiger partial charge in [0.25, 0.3) is 0 Å². The Labute approximate surface area is 134 Å². The summed E-state index contributed by atoms with van der Waals surface area (Å²) in [5, 5.41) is 3.14. The van der Waals surface area contributed by atoms with Crippen molar-refractivity contribution in [3.05, 3.63) is 29.8 Å². The number of nitrogens with one attached hydrogen (secondary N) is 1. The van der Waals surface area contributed by atoms with E-state index in [-0.39, 0.29) is 5.97 Å². The molecule has 1 aromatic carbocycles. The van der Waals surface area contributed by atoms with Gasteiger partial charge in [-0.15, -0.1) is 5.92 Å². The first-order chi connectivity index (χ1) is 10.7. The molecular formula is C19H27NO2. The van der Waals surface area contributed by atoms with E-state index in [1.165, 1.54) is 24.8 Å². The third kappa shape index (κ3) is 7.17. The van der Waals surface area contributed by atoms with E-state index >= 15 is 0 Å². The summed E-state index contributed by atoms with van der Waals surface area (Å²) in [5.41, 5.74) is 2.06. The second kappa shape index (κ2) is 10.7. The van der Waals surface area contributed by atoms with Gasteiger partial charge in [0, 0.05) is 12.1 Å². The maximum Gasteiger partial charge on any atom is 0.341 e. The summed E-state index contributed by atoms with van der Waals surface area (Å²) >= 11 is 0. The zero-order chi connectivity index (χ0) is 16.2. The van der Waals surface area contributed by atoms with Crippen molar-refractivity contribution >= 4 is 11.7 Å². The van der Waals surface area contributed by atoms with Gasteiger partial charge in [-0.05, 0) is 32.4 Å². The van der Waals surface area contributed by atoms with Crippen molar-refractivity contribution in [2.45, 2.75) is 58.9 Å². The van der Waals surface area contributed by atoms with Crippen molar-refractivity contribution < 1.29 is 9.53 Å². The Morgan fingerprint density at radius 2 is 1.91 bits per heavy atom. The number of carbonyl (C=O) groups excluding carboxylic acids is 1. The minimum atomic E-state index is -0.603. The van der Waals surface area contributed by atoms with Gasteiger partial charge in [0.15, 0.2) is 6.04 Å². The van der Waals surface area contributed by atoms with Crippen molar-refractivity contribution in [1.29, 1.82) is 0 Å². The fourth-order valence-corrected chi connectivity index (χ4v) is 2.01. The number of ether oxygens (including phenoxy) is 1. The lowest BCUT2D eigenvalue weighted by atomic mass is 10.1. The van der Waals surface area contributed by atoms with Crippen LogP contribution < -0.4 is 5.32 Å². The predicted molar refractivity (Wildman–Crippen MR) is 91.8 cm³/mol. The van der Waals surface area contributed by atoms with Crippen molar-refractivity contribution in [2.24, 2.45) is 0 Å². The summed E-state index contributed by atoms with van der Waals surface area (Å²) in [5.74, 6) is 5.80. The van der Waals surface area contributed by atoms with Gasteiger partial charge in [-0.25, -0.2) is 4.79 Å². The highest BCUT2D eigenvalue weighted by Gasteiger charge is 2.16. The van der Waals surface area contributed by atoms with Crippen molar-refractivity contribution in [1.82, 2.24) is 0 Å². The second-order valence-electron chi connectivity index (χ2n) is 5.33. The summed E-state index contributed by atoms with van der Waals surface area (Å²) in [7, 11) is 0. The van der Waals surface area contributed by atoms with Crippen molar-refractivity contribution in [2.75, 3.05) is 11.9 Å². The van der Waals surface area contributed by atoms with Gasteiger partial charge in [0.2, 0.25) is 0 Å². The monoisotopic (exact) mass is 301 g/mol. The number of carbonyl (C=O) groups is 1. The van der Waals surface area contributed by atoms with E-state index in [9.17, 15) is 4.79 Å². The maximum absolute atomic E-state index is 12.0. The number of esters is 1. The molecule has 0 unspecified atom stereocenters. The van der Waals surface area contributed by atoms with Crippen LogP contribution in [0.4, 0.5) is 5.69 Å². The average Bonchev–Trinajstić information content (AvgIpc) is 2.51. The van der Waals surface area contributed by atoms with Gasteiger partial charge in [0.1, 0.15) is 0 Å². The Bertz CT molecular complexity index is 496. The number of benzene rings is 1. The molecule has 1 atom stereocenters. The Hall–Kier alpha value is -1.95. The first-order valence-corrected chi connectivity index (χ1v) is 8.15. The Balaban J connectivity index is 2.61. The van der Waals surface area contributed by atoms with Gasteiger partial charge in [-0.2, -0.15) is 0 Å². The molecule has 0 heterocycles. The third-order valence-electron chi connectivity index (χ3n) is 3.29. The molecule has 0 aromatic heterocycles. The smallest absolute Gasteiger partial charge is 0.341 e. The van der Waals surface area contributed by atoms with Crippen LogP contribution in [0.3, 0.4) is 0 Å². The maximum atomic E-state index is 12.0. The summed E-state index contributed by atoms with van der Waals surface area (Å²) in [6.07, 6.45) is 5.56. The summed E-state index contributed by atoms with van der Waals surface area (Å²) < 4.78 is 5.09. The number of aryl methyl sites for hydroxylation is 1. The van der Waals surface area contributed by atoms with Crippen LogP contribution in [-0.2, 0) is 9.53 Å². The lowest BCUT2D eigenvalue weighted by Crippen LogP contribution is -2.30. The summed E-state index contributed by atoms with van der Waals surface area (Å²) in [4.78, 5) is 12.0. The van der Waals surface area contributed by atoms with Crippen LogP contribution >= 0.6 is 0 Å². The van der Waals surface area contributed by atoms with E-state index in [4.69, 9.17) is 4.74 Å². The molecule has 1 N–H and O–H groups in total. The highest BCUT2D eigenvalue weighted by atomic mass is 16.5. The first-order valence-electron chi connectivity index (χ1n) is 8.15. The molecule has 3 heteroatoms. The Kier molecular flexibility index (Phi) is 8.83. The highest BCUT2D eigenvalue weighted by Crippen LogP contribution is 2.10. The standard InChI is InChI=1S/C19H27NO2/c1-4-6-7-8-9-10-11-18(19(21)22-5-2)20-17-14-12-16(3)13-15-17/h12-15,18,20H,4-9H2,1-3H3/t18-/m0/s1. The number of unbranched alkanes of at least 4 members (excludes halogenated alkanes) is 4. The minimum absolute atomic E-state index is 0.316. The number of hydrogen-bond acceptors (Lipinski definition) is 3. The molecule has 0 aliphatic rings. The molecule has 0 radical (unpaired) electrons. The number of anilines is 1. The zero-order valence-electron chi connectivity index (χ0n) is 13.9. The predicted octanol–water partition coefficient (Wildman–Crippen LogP) is 4.31. The fourth-order valence-electron chi connectivity index (χ4n) is 2.01. The van der Waals surface area contributed by atoms with Gasteiger partial charge in [0.05, 0.1) is 6.61 Å². The summed E-state index contributed by atoms with van der Waals surface area (Å²) in [6, 6.07) is 7.30. The van der Waals surface area contributed by atoms with Crippen LogP contribution in [-0.4, -0.2) is 18.6 Å². The lowest BCUT2D eigenvalue weighted by Gasteiger charge is -2.13. The van der Waals surface area contributed by atoms with Crippen molar-refractivity contribution in [3.8, 4) is 11.8 Å². The van der Waals surface area contributed by atoms with E-state index in [1.54, 1.807) is 6.92 Å². The molecule has 22 heavy (non-hydrogen) atoms. The van der Waals surface area contributed by atoms with Crippen LogP contribution in [0.5, 0.6) is 0 Å². The van der Waals surface area contributed by atoms with E-state index in [0.29, 0.717) is 6.61 Å². The molecule has 0 bridgehead atoms. The highest BCUT2D eigenvalue weighted by molar-refractivity contribution is 5.83. The van der Waals surface area contributed by atoms with Crippen LogP contribution in [0.2, 0.25) is 0 Å². The topological polar surface area (TPSA) is 38.3 Å². The number of hydrogen-bond donors (Lipinski definition) is 1. The van der Waals surface area contributed by atoms with Crippen LogP contribution in [0, 0.1) is 18.8 Å². The van der Waals surface area contributed by atoms with Crippen LogP contribution in [0.1, 0.15) is 51.5 Å². The molecule has 0 saturated heterocycles. The Morgan fingerprint density at radius 1 is 1.18 bits per heavy atom. The molecule has 1 aromatic rings. The van der Waals surface area contributed by atoms with E-state index < -0.39 is 6.04 Å². The fraction of sp³-hybridized carbons (Fsp3) is 0.526. The normalized spacial score (nSPS) is 11.2. The second-order valence-corrected chi connectivity index (χ2v) is 5.33. The quantitative estimate of drug-likeness (QED) is 0.442. The molecule has 3 nitrogen and oxygen atoms in total. The zero-order valence-corrected chi connectivity index (χ0v) is 13.9. The van der Waals surface area contributed by atoms with Crippen LogP contribution in [0.25, 0.3) is 0 Å². The van der Waals surface area contributed by atoms with E-state index in [2.05, 4.69) is 24.1 Å². The van der Waals surface area contributed by atoms with Gasteiger partial charge >= 0.3 is 5.97 Å². The SMILES string of the molecule is CCCCCCC#C[C@H](Nc1ccc(C)cc1)C(=O)OCC. The van der Waals surface area contributed by atoms with Gasteiger partial charge in [-0.3, -0.25) is 0 Å². The molecule has 0 amide bonds. The molecule has 0 aliphatic heterocycles. The lowest BCUT2D eigenvalue weighted by molar-refractivity contribution is -0.142. The largest absolute Gasteiger partial charge is 0.464 e. The summed E-state index contributed by atoms with van der Waals surface area (Å²) in [6.45, 7) is 6.39. The molecule has 0 spiro atoms. The van der Waals surface area contributed by atoms with Gasteiger partial charge < -0.3 is 10.1 Å². The molecule has 1 rings (SSSR count). The third-order valence-corrected chi connectivity index (χ3v) is 3.29. The van der Waals surface area contributed by atoms with Gasteiger partial charge in [-0.1, -0.05) is 49.8 Å². The minimum Gasteiger partial charge on any atom is -0.464 e. The first kappa shape index (κ1) is 18.1. The number of rotatable bonds is 8. The average molecular weight is 301 g/mol. The van der Waals surface area contributed by atoms with E-state index in [0.717, 1.165) is 18.5 Å². The molecule has 0 fully saturated rings. The molecule has 0 saturated carbocycles. The molecule has 120 valence electrons.